The molecule has 0 aliphatic heterocycles. The molecule has 3 nitrogen and oxygen atoms in total. The predicted octanol–water partition coefficient (Wildman–Crippen LogP) is 2.74. The average Bonchev–Trinajstić information content (AvgIpc) is 2.39. The minimum absolute atomic E-state index is 0.0855. The van der Waals surface area contributed by atoms with Crippen molar-refractivity contribution >= 4 is 0 Å². The van der Waals surface area contributed by atoms with E-state index >= 15 is 0 Å². The van der Waals surface area contributed by atoms with Crippen LogP contribution in [0.1, 0.15) is 30.9 Å². The maximum Gasteiger partial charge on any atom is 0.416 e. The van der Waals surface area contributed by atoms with Crippen molar-refractivity contribution in [1.29, 1.82) is 0 Å². The summed E-state index contributed by atoms with van der Waals surface area (Å²) in [7, 11) is 0. The van der Waals surface area contributed by atoms with Crippen molar-refractivity contribution in [2.24, 2.45) is 17.4 Å². The molecule has 0 spiro atoms. The van der Waals surface area contributed by atoms with Gasteiger partial charge in [-0.05, 0) is 55.6 Å². The van der Waals surface area contributed by atoms with E-state index < -0.39 is 11.7 Å². The van der Waals surface area contributed by atoms with Crippen molar-refractivity contribution in [3.63, 3.8) is 0 Å². The minimum Gasteiger partial charge on any atom is -0.494 e. The monoisotopic (exact) mass is 290 g/mol. The Hall–Kier alpha value is -1.27. The molecule has 20 heavy (non-hydrogen) atoms. The van der Waals surface area contributed by atoms with Gasteiger partial charge in [0.1, 0.15) is 5.75 Å². The molecule has 0 saturated heterocycles. The molecule has 1 aromatic rings. The van der Waals surface area contributed by atoms with E-state index in [1.807, 2.05) is 6.92 Å². The molecule has 0 saturated carbocycles. The molecule has 0 radical (unpaired) electrons. The normalized spacial score (nSPS) is 13.6. The molecule has 0 aliphatic rings. The van der Waals surface area contributed by atoms with Gasteiger partial charge in [0, 0.05) is 0 Å². The summed E-state index contributed by atoms with van der Waals surface area (Å²) in [6, 6.07) is 3.53. The molecular formula is C14H21F3N2O. The van der Waals surface area contributed by atoms with E-state index in [0.29, 0.717) is 31.0 Å². The fraction of sp³-hybridized carbons (Fsp3) is 0.571. The summed E-state index contributed by atoms with van der Waals surface area (Å²) < 4.78 is 43.9. The summed E-state index contributed by atoms with van der Waals surface area (Å²) in [6.07, 6.45) is -4.37. The Kier molecular flexibility index (Phi) is 5.83. The Balaban J connectivity index is 3.24. The standard InChI is InChI=1S/C14H21F3N2O/c1-3-20-13-5-4-11(14(15,16)17)6-12(13)9(2)10(7-18)8-19/h4-6,9-10H,3,7-8,18-19H2,1-2H3. The van der Waals surface area contributed by atoms with Crippen molar-refractivity contribution in [1.82, 2.24) is 0 Å². The van der Waals surface area contributed by atoms with Gasteiger partial charge in [0.2, 0.25) is 0 Å². The van der Waals surface area contributed by atoms with Gasteiger partial charge in [0.25, 0.3) is 0 Å². The van der Waals surface area contributed by atoms with Gasteiger partial charge in [0.15, 0.2) is 0 Å². The number of hydrogen-bond acceptors (Lipinski definition) is 3. The lowest BCUT2D eigenvalue weighted by Gasteiger charge is -2.24. The van der Waals surface area contributed by atoms with E-state index in [1.165, 1.54) is 6.07 Å². The van der Waals surface area contributed by atoms with Gasteiger partial charge >= 0.3 is 6.18 Å². The van der Waals surface area contributed by atoms with Crippen molar-refractivity contribution in [3.8, 4) is 5.75 Å². The number of nitrogens with two attached hydrogens (primary N) is 2. The Bertz CT molecular complexity index is 431. The summed E-state index contributed by atoms with van der Waals surface area (Å²) in [6.45, 7) is 4.64. The van der Waals surface area contributed by atoms with Crippen LogP contribution in [0.15, 0.2) is 18.2 Å². The molecule has 4 N–H and O–H groups in total. The second-order valence-electron chi connectivity index (χ2n) is 4.70. The van der Waals surface area contributed by atoms with Crippen LogP contribution in [0.25, 0.3) is 0 Å². The van der Waals surface area contributed by atoms with E-state index in [0.717, 1.165) is 12.1 Å². The lowest BCUT2D eigenvalue weighted by atomic mass is 9.86. The second kappa shape index (κ2) is 6.95. The predicted molar refractivity (Wildman–Crippen MR) is 72.6 cm³/mol. The summed E-state index contributed by atoms with van der Waals surface area (Å²) in [5.74, 6) is 0.173. The molecule has 114 valence electrons. The van der Waals surface area contributed by atoms with Crippen molar-refractivity contribution in [2.75, 3.05) is 19.7 Å². The SMILES string of the molecule is CCOc1ccc(C(F)(F)F)cc1C(C)C(CN)CN. The van der Waals surface area contributed by atoms with Crippen LogP contribution in [-0.4, -0.2) is 19.7 Å². The lowest BCUT2D eigenvalue weighted by molar-refractivity contribution is -0.137. The summed E-state index contributed by atoms with van der Waals surface area (Å²) in [5.41, 5.74) is 11.1. The quantitative estimate of drug-likeness (QED) is 0.847. The van der Waals surface area contributed by atoms with E-state index in [2.05, 4.69) is 0 Å². The summed E-state index contributed by atoms with van der Waals surface area (Å²) >= 11 is 0. The van der Waals surface area contributed by atoms with E-state index in [4.69, 9.17) is 16.2 Å². The third-order valence-corrected chi connectivity index (χ3v) is 3.44. The smallest absolute Gasteiger partial charge is 0.416 e. The maximum atomic E-state index is 12.8. The number of alkyl halides is 3. The van der Waals surface area contributed by atoms with Gasteiger partial charge in [-0.25, -0.2) is 0 Å². The first-order valence-electron chi connectivity index (χ1n) is 6.59. The van der Waals surface area contributed by atoms with Gasteiger partial charge in [-0.1, -0.05) is 6.92 Å². The molecule has 0 amide bonds. The third kappa shape index (κ3) is 3.86. The Morgan fingerprint density at radius 2 is 1.80 bits per heavy atom. The zero-order valence-electron chi connectivity index (χ0n) is 11.7. The molecule has 0 bridgehead atoms. The summed E-state index contributed by atoms with van der Waals surface area (Å²) in [4.78, 5) is 0. The third-order valence-electron chi connectivity index (χ3n) is 3.44. The van der Waals surface area contributed by atoms with Gasteiger partial charge in [-0.3, -0.25) is 0 Å². The van der Waals surface area contributed by atoms with Crippen LogP contribution in [0.5, 0.6) is 5.75 Å². The molecule has 0 aliphatic carbocycles. The van der Waals surface area contributed by atoms with Crippen molar-refractivity contribution < 1.29 is 17.9 Å². The Morgan fingerprint density at radius 3 is 2.25 bits per heavy atom. The number of halogens is 3. The van der Waals surface area contributed by atoms with Crippen LogP contribution in [0, 0.1) is 5.92 Å². The van der Waals surface area contributed by atoms with E-state index in [-0.39, 0.29) is 11.8 Å². The zero-order valence-corrected chi connectivity index (χ0v) is 11.7. The van der Waals surface area contributed by atoms with Crippen LogP contribution in [0.4, 0.5) is 13.2 Å². The molecular weight excluding hydrogens is 269 g/mol. The molecule has 1 atom stereocenters. The van der Waals surface area contributed by atoms with Crippen LogP contribution < -0.4 is 16.2 Å². The largest absolute Gasteiger partial charge is 0.494 e. The van der Waals surface area contributed by atoms with E-state index in [9.17, 15) is 13.2 Å². The molecule has 1 rings (SSSR count). The van der Waals surface area contributed by atoms with Gasteiger partial charge in [-0.2, -0.15) is 13.2 Å². The van der Waals surface area contributed by atoms with Gasteiger partial charge in [-0.15, -0.1) is 0 Å². The van der Waals surface area contributed by atoms with Crippen LogP contribution in [0.2, 0.25) is 0 Å². The van der Waals surface area contributed by atoms with E-state index in [1.54, 1.807) is 6.92 Å². The van der Waals surface area contributed by atoms with Crippen LogP contribution in [-0.2, 0) is 6.18 Å². The first-order chi connectivity index (χ1) is 9.35. The van der Waals surface area contributed by atoms with Gasteiger partial charge in [0.05, 0.1) is 12.2 Å². The first-order valence-corrected chi connectivity index (χ1v) is 6.59. The summed E-state index contributed by atoms with van der Waals surface area (Å²) in [5, 5.41) is 0. The highest BCUT2D eigenvalue weighted by Crippen LogP contribution is 2.37. The number of benzene rings is 1. The minimum atomic E-state index is -4.37. The number of ether oxygens (including phenoxy) is 1. The molecule has 6 heteroatoms. The highest BCUT2D eigenvalue weighted by atomic mass is 19.4. The molecule has 1 aromatic carbocycles. The maximum absolute atomic E-state index is 12.8. The highest BCUT2D eigenvalue weighted by Gasteiger charge is 2.32. The zero-order chi connectivity index (χ0) is 15.3. The lowest BCUT2D eigenvalue weighted by Crippen LogP contribution is -2.28. The first kappa shape index (κ1) is 16.8. The topological polar surface area (TPSA) is 61.3 Å². The second-order valence-corrected chi connectivity index (χ2v) is 4.70. The average molecular weight is 290 g/mol. The Morgan fingerprint density at radius 1 is 1.20 bits per heavy atom. The number of hydrogen-bond donors (Lipinski definition) is 2. The molecule has 0 aromatic heterocycles. The van der Waals surface area contributed by atoms with Gasteiger partial charge < -0.3 is 16.2 Å². The van der Waals surface area contributed by atoms with Crippen LogP contribution >= 0.6 is 0 Å². The highest BCUT2D eigenvalue weighted by molar-refractivity contribution is 5.41. The fourth-order valence-corrected chi connectivity index (χ4v) is 2.13. The molecule has 1 unspecified atom stereocenters. The van der Waals surface area contributed by atoms with Crippen molar-refractivity contribution in [2.45, 2.75) is 25.9 Å². The fourth-order valence-electron chi connectivity index (χ4n) is 2.13. The van der Waals surface area contributed by atoms with Crippen LogP contribution in [0.3, 0.4) is 0 Å². The van der Waals surface area contributed by atoms with Crippen molar-refractivity contribution in [3.05, 3.63) is 29.3 Å². The molecule has 0 heterocycles. The number of rotatable bonds is 6. The Labute approximate surface area is 117 Å². The molecule has 0 fully saturated rings.